The van der Waals surface area contributed by atoms with E-state index in [0.29, 0.717) is 0 Å². The van der Waals surface area contributed by atoms with E-state index >= 15 is 0 Å². The number of sulfonamides is 1. The Kier molecular flexibility index (Phi) is 6.59. The van der Waals surface area contributed by atoms with E-state index in [1.807, 2.05) is 4.72 Å². The number of anilines is 1. The van der Waals surface area contributed by atoms with Gasteiger partial charge in [0.25, 0.3) is 5.91 Å². The zero-order valence-corrected chi connectivity index (χ0v) is 14.9. The van der Waals surface area contributed by atoms with Crippen molar-refractivity contribution in [1.29, 1.82) is 0 Å². The first-order chi connectivity index (χ1) is 12.7. The zero-order valence-electron chi connectivity index (χ0n) is 14.1. The smallest absolute Gasteiger partial charge is 0.321 e. The van der Waals surface area contributed by atoms with Gasteiger partial charge in [0, 0.05) is 6.07 Å². The van der Waals surface area contributed by atoms with E-state index in [2.05, 4.69) is 5.32 Å². The Balaban J connectivity index is 1.89. The van der Waals surface area contributed by atoms with Crippen LogP contribution in [-0.2, 0) is 24.3 Å². The van der Waals surface area contributed by atoms with Crippen LogP contribution in [0, 0.1) is 11.6 Å². The summed E-state index contributed by atoms with van der Waals surface area (Å²) in [5, 5.41) is 2.08. The van der Waals surface area contributed by atoms with Crippen LogP contribution in [0.25, 0.3) is 0 Å². The van der Waals surface area contributed by atoms with E-state index in [1.165, 1.54) is 31.2 Å². The summed E-state index contributed by atoms with van der Waals surface area (Å²) in [4.78, 5) is 23.6. The van der Waals surface area contributed by atoms with Crippen LogP contribution in [0.4, 0.5) is 14.5 Å². The van der Waals surface area contributed by atoms with Crippen LogP contribution in [0.1, 0.15) is 6.92 Å². The molecule has 2 N–H and O–H groups in total. The molecule has 0 unspecified atom stereocenters. The highest BCUT2D eigenvalue weighted by Gasteiger charge is 2.21. The Bertz CT molecular complexity index is 936. The normalized spacial score (nSPS) is 12.3. The van der Waals surface area contributed by atoms with Crippen molar-refractivity contribution in [2.75, 3.05) is 11.9 Å². The summed E-state index contributed by atoms with van der Waals surface area (Å²) in [6, 6.07) is 9.85. The average molecular weight is 398 g/mol. The maximum atomic E-state index is 13.5. The Morgan fingerprint density at radius 3 is 2.44 bits per heavy atom. The monoisotopic (exact) mass is 398 g/mol. The lowest BCUT2D eigenvalue weighted by atomic mass is 10.2. The van der Waals surface area contributed by atoms with Crippen molar-refractivity contribution in [3.8, 4) is 0 Å². The summed E-state index contributed by atoms with van der Waals surface area (Å²) in [5.74, 6) is -3.54. The van der Waals surface area contributed by atoms with Crippen molar-refractivity contribution < 1.29 is 31.5 Å². The molecule has 2 rings (SSSR count). The van der Waals surface area contributed by atoms with Crippen molar-refractivity contribution in [1.82, 2.24) is 4.72 Å². The molecule has 0 saturated heterocycles. The molecule has 0 bridgehead atoms. The van der Waals surface area contributed by atoms with Gasteiger partial charge in [-0.3, -0.25) is 9.59 Å². The maximum absolute atomic E-state index is 13.5. The number of hydrogen-bond donors (Lipinski definition) is 2. The van der Waals surface area contributed by atoms with Crippen LogP contribution in [0.2, 0.25) is 0 Å². The van der Waals surface area contributed by atoms with Crippen LogP contribution in [0.3, 0.4) is 0 Å². The Labute approximate surface area is 154 Å². The van der Waals surface area contributed by atoms with Gasteiger partial charge in [0.05, 0.1) is 10.6 Å². The van der Waals surface area contributed by atoms with E-state index in [1.54, 1.807) is 6.07 Å². The molecule has 0 radical (unpaired) electrons. The molecule has 0 aliphatic carbocycles. The van der Waals surface area contributed by atoms with E-state index in [4.69, 9.17) is 4.74 Å². The maximum Gasteiger partial charge on any atom is 0.321 e. The van der Waals surface area contributed by atoms with E-state index in [-0.39, 0.29) is 4.90 Å². The minimum absolute atomic E-state index is 0.0369. The lowest BCUT2D eigenvalue weighted by Gasteiger charge is -2.14. The van der Waals surface area contributed by atoms with Gasteiger partial charge in [0.1, 0.15) is 18.2 Å². The lowest BCUT2D eigenvalue weighted by molar-refractivity contribution is -0.151. The molecule has 0 spiro atoms. The number of rotatable bonds is 7. The Morgan fingerprint density at radius 1 is 1.11 bits per heavy atom. The summed E-state index contributed by atoms with van der Waals surface area (Å²) in [6.07, 6.45) is -1.36. The van der Waals surface area contributed by atoms with Crippen molar-refractivity contribution in [3.05, 3.63) is 60.2 Å². The van der Waals surface area contributed by atoms with Gasteiger partial charge in [-0.05, 0) is 31.2 Å². The van der Waals surface area contributed by atoms with Gasteiger partial charge in [-0.25, -0.2) is 17.2 Å². The molecule has 144 valence electrons. The van der Waals surface area contributed by atoms with E-state index < -0.39 is 51.9 Å². The molecule has 0 fully saturated rings. The first-order valence-electron chi connectivity index (χ1n) is 7.69. The Morgan fingerprint density at radius 2 is 1.78 bits per heavy atom. The number of carbonyl (C=O) groups is 2. The molecular formula is C17H16F2N2O5S. The number of ether oxygens (including phenoxy) is 1. The lowest BCUT2D eigenvalue weighted by Crippen LogP contribution is -2.36. The summed E-state index contributed by atoms with van der Waals surface area (Å²) in [5.41, 5.74) is -0.410. The van der Waals surface area contributed by atoms with Gasteiger partial charge in [-0.1, -0.05) is 18.2 Å². The molecule has 10 heteroatoms. The highest BCUT2D eigenvalue weighted by atomic mass is 32.2. The van der Waals surface area contributed by atoms with Crippen LogP contribution in [0.5, 0.6) is 0 Å². The molecule has 0 aliphatic heterocycles. The number of carbonyl (C=O) groups excluding carboxylic acids is 2. The highest BCUT2D eigenvalue weighted by Crippen LogP contribution is 2.15. The molecule has 0 aromatic heterocycles. The van der Waals surface area contributed by atoms with Gasteiger partial charge in [0.2, 0.25) is 10.0 Å². The Hall–Kier alpha value is -2.85. The molecule has 27 heavy (non-hydrogen) atoms. The molecule has 1 amide bonds. The summed E-state index contributed by atoms with van der Waals surface area (Å²) >= 11 is 0. The molecule has 1 atom stereocenters. The predicted octanol–water partition coefficient (Wildman–Crippen LogP) is 1.81. The van der Waals surface area contributed by atoms with Gasteiger partial charge < -0.3 is 10.1 Å². The second-order valence-corrected chi connectivity index (χ2v) is 7.15. The number of nitrogens with one attached hydrogen (secondary N) is 2. The molecule has 0 aliphatic rings. The second-order valence-electron chi connectivity index (χ2n) is 5.38. The molecule has 2 aromatic rings. The van der Waals surface area contributed by atoms with Crippen molar-refractivity contribution >= 4 is 27.6 Å². The summed E-state index contributed by atoms with van der Waals surface area (Å²) < 4.78 is 57.4. The summed E-state index contributed by atoms with van der Waals surface area (Å²) in [6.45, 7) is 0.499. The second kappa shape index (κ2) is 8.69. The molecular weight excluding hydrogens is 382 g/mol. The average Bonchev–Trinajstić information content (AvgIpc) is 2.64. The quantitative estimate of drug-likeness (QED) is 0.693. The van der Waals surface area contributed by atoms with Crippen molar-refractivity contribution in [2.45, 2.75) is 17.9 Å². The SMILES string of the molecule is C[C@@H](OC(=O)CNS(=O)(=O)c1ccccc1)C(=O)Nc1cc(F)ccc1F. The first kappa shape index (κ1) is 20.5. The molecule has 2 aromatic carbocycles. The first-order valence-corrected chi connectivity index (χ1v) is 9.17. The van der Waals surface area contributed by atoms with Crippen LogP contribution < -0.4 is 10.0 Å². The molecule has 0 saturated carbocycles. The van der Waals surface area contributed by atoms with Gasteiger partial charge in [0.15, 0.2) is 6.10 Å². The van der Waals surface area contributed by atoms with Crippen LogP contribution >= 0.6 is 0 Å². The fourth-order valence-corrected chi connectivity index (χ4v) is 2.95. The van der Waals surface area contributed by atoms with Gasteiger partial charge >= 0.3 is 5.97 Å². The predicted molar refractivity (Wildman–Crippen MR) is 92.2 cm³/mol. The minimum atomic E-state index is -3.91. The zero-order chi connectivity index (χ0) is 20.0. The number of benzene rings is 2. The van der Waals surface area contributed by atoms with Gasteiger partial charge in [-0.15, -0.1) is 0 Å². The molecule has 0 heterocycles. The fourth-order valence-electron chi connectivity index (χ4n) is 1.96. The number of amides is 1. The van der Waals surface area contributed by atoms with E-state index in [0.717, 1.165) is 18.2 Å². The van der Waals surface area contributed by atoms with E-state index in [9.17, 15) is 26.8 Å². The van der Waals surface area contributed by atoms with Crippen molar-refractivity contribution in [3.63, 3.8) is 0 Å². The third-order valence-corrected chi connectivity index (χ3v) is 4.74. The third kappa shape index (κ3) is 5.83. The summed E-state index contributed by atoms with van der Waals surface area (Å²) in [7, 11) is -3.91. The van der Waals surface area contributed by atoms with Crippen LogP contribution in [0.15, 0.2) is 53.4 Å². The largest absolute Gasteiger partial charge is 0.452 e. The standard InChI is InChI=1S/C17H16F2N2O5S/c1-11(17(23)21-15-9-12(18)7-8-14(15)19)26-16(22)10-20-27(24,25)13-5-3-2-4-6-13/h2-9,11,20H,10H2,1H3,(H,21,23)/t11-/m1/s1. The third-order valence-electron chi connectivity index (χ3n) is 3.32. The molecule has 7 nitrogen and oxygen atoms in total. The highest BCUT2D eigenvalue weighted by molar-refractivity contribution is 7.89. The fraction of sp³-hybridized carbons (Fsp3) is 0.176. The topological polar surface area (TPSA) is 102 Å². The number of hydrogen-bond acceptors (Lipinski definition) is 5. The number of esters is 1. The van der Waals surface area contributed by atoms with Crippen LogP contribution in [-0.4, -0.2) is 32.9 Å². The minimum Gasteiger partial charge on any atom is -0.452 e. The van der Waals surface area contributed by atoms with Crippen molar-refractivity contribution in [2.24, 2.45) is 0 Å². The number of halogens is 2. The van der Waals surface area contributed by atoms with Gasteiger partial charge in [-0.2, -0.15) is 4.72 Å².